The molecule has 2 nitrogen and oxygen atoms in total. The molecule has 0 aliphatic carbocycles. The molecule has 0 heterocycles. The highest BCUT2D eigenvalue weighted by atomic mass is 16.3. The van der Waals surface area contributed by atoms with Gasteiger partial charge in [0.15, 0.2) is 0 Å². The van der Waals surface area contributed by atoms with E-state index in [9.17, 15) is 5.11 Å². The summed E-state index contributed by atoms with van der Waals surface area (Å²) < 4.78 is 0. The van der Waals surface area contributed by atoms with E-state index >= 15 is 0 Å². The molecule has 1 aromatic rings. The zero-order valence-electron chi connectivity index (χ0n) is 8.02. The SMILES string of the molecule is CNc1c(C)cc(C)c(O)c1C. The van der Waals surface area contributed by atoms with E-state index in [0.29, 0.717) is 5.75 Å². The van der Waals surface area contributed by atoms with Crippen LogP contribution in [0.1, 0.15) is 16.7 Å². The van der Waals surface area contributed by atoms with Crippen LogP contribution in [-0.2, 0) is 0 Å². The highest BCUT2D eigenvalue weighted by molar-refractivity contribution is 5.63. The van der Waals surface area contributed by atoms with E-state index in [-0.39, 0.29) is 0 Å². The molecule has 2 N–H and O–H groups in total. The van der Waals surface area contributed by atoms with Gasteiger partial charge in [-0.25, -0.2) is 0 Å². The predicted octanol–water partition coefficient (Wildman–Crippen LogP) is 2.36. The second kappa shape index (κ2) is 3.05. The van der Waals surface area contributed by atoms with Gasteiger partial charge in [0.05, 0.1) is 0 Å². The van der Waals surface area contributed by atoms with Crippen molar-refractivity contribution >= 4 is 5.69 Å². The molecule has 0 aliphatic heterocycles. The van der Waals surface area contributed by atoms with E-state index in [1.807, 2.05) is 33.9 Å². The molecular weight excluding hydrogens is 150 g/mol. The predicted molar refractivity (Wildman–Crippen MR) is 51.9 cm³/mol. The number of rotatable bonds is 1. The molecule has 1 rings (SSSR count). The van der Waals surface area contributed by atoms with Crippen molar-refractivity contribution in [1.82, 2.24) is 0 Å². The van der Waals surface area contributed by atoms with Crippen molar-refractivity contribution in [3.63, 3.8) is 0 Å². The Morgan fingerprint density at radius 1 is 1.17 bits per heavy atom. The zero-order valence-corrected chi connectivity index (χ0v) is 8.02. The minimum absolute atomic E-state index is 0.393. The lowest BCUT2D eigenvalue weighted by Gasteiger charge is -2.12. The van der Waals surface area contributed by atoms with Crippen LogP contribution in [0.4, 0.5) is 5.69 Å². The lowest BCUT2D eigenvalue weighted by atomic mass is 10.0. The van der Waals surface area contributed by atoms with Crippen molar-refractivity contribution in [2.75, 3.05) is 12.4 Å². The number of phenolic OH excluding ortho intramolecular Hbond substituents is 1. The molecule has 2 heteroatoms. The molecule has 1 aromatic carbocycles. The van der Waals surface area contributed by atoms with Crippen LogP contribution in [0, 0.1) is 20.8 Å². The van der Waals surface area contributed by atoms with Gasteiger partial charge in [-0.1, -0.05) is 6.07 Å². The van der Waals surface area contributed by atoms with Crippen LogP contribution in [-0.4, -0.2) is 12.2 Å². The zero-order chi connectivity index (χ0) is 9.30. The molecular formula is C10H15NO. The Balaban J connectivity index is 3.40. The maximum absolute atomic E-state index is 9.60. The molecule has 0 aliphatic rings. The monoisotopic (exact) mass is 165 g/mol. The van der Waals surface area contributed by atoms with Gasteiger partial charge in [-0.2, -0.15) is 0 Å². The standard InChI is InChI=1S/C10H15NO/c1-6-5-7(2)10(12)8(3)9(6)11-4/h5,11-12H,1-4H3. The summed E-state index contributed by atoms with van der Waals surface area (Å²) in [6.45, 7) is 5.86. The first-order valence-corrected chi connectivity index (χ1v) is 4.05. The Morgan fingerprint density at radius 2 is 1.75 bits per heavy atom. The van der Waals surface area contributed by atoms with Gasteiger partial charge in [0, 0.05) is 18.3 Å². The summed E-state index contributed by atoms with van der Waals surface area (Å²) in [5.74, 6) is 0.393. The normalized spacial score (nSPS) is 10.0. The minimum Gasteiger partial charge on any atom is -0.507 e. The van der Waals surface area contributed by atoms with Gasteiger partial charge in [0.25, 0.3) is 0 Å². The molecule has 12 heavy (non-hydrogen) atoms. The van der Waals surface area contributed by atoms with Gasteiger partial charge in [0.2, 0.25) is 0 Å². The van der Waals surface area contributed by atoms with Gasteiger partial charge in [-0.3, -0.25) is 0 Å². The lowest BCUT2D eigenvalue weighted by molar-refractivity contribution is 0.467. The van der Waals surface area contributed by atoms with Crippen molar-refractivity contribution in [2.45, 2.75) is 20.8 Å². The fourth-order valence-corrected chi connectivity index (χ4v) is 1.56. The molecule has 0 amide bonds. The summed E-state index contributed by atoms with van der Waals surface area (Å²) >= 11 is 0. The molecule has 66 valence electrons. The van der Waals surface area contributed by atoms with Gasteiger partial charge >= 0.3 is 0 Å². The highest BCUT2D eigenvalue weighted by Gasteiger charge is 2.07. The summed E-state index contributed by atoms with van der Waals surface area (Å²) in [5, 5.41) is 12.7. The fourth-order valence-electron chi connectivity index (χ4n) is 1.56. The maximum atomic E-state index is 9.60. The van der Waals surface area contributed by atoms with E-state index in [1.54, 1.807) is 0 Å². The average Bonchev–Trinajstić information content (AvgIpc) is 2.01. The van der Waals surface area contributed by atoms with Crippen LogP contribution in [0.25, 0.3) is 0 Å². The van der Waals surface area contributed by atoms with Gasteiger partial charge in [0.1, 0.15) is 5.75 Å². The molecule has 0 radical (unpaired) electrons. The second-order valence-corrected chi connectivity index (χ2v) is 3.11. The van der Waals surface area contributed by atoms with Crippen LogP contribution >= 0.6 is 0 Å². The summed E-state index contributed by atoms with van der Waals surface area (Å²) in [6, 6.07) is 1.98. The van der Waals surface area contributed by atoms with Crippen LogP contribution in [0.3, 0.4) is 0 Å². The Labute approximate surface area is 73.2 Å². The second-order valence-electron chi connectivity index (χ2n) is 3.11. The number of phenols is 1. The van der Waals surface area contributed by atoms with Gasteiger partial charge < -0.3 is 10.4 Å². The Morgan fingerprint density at radius 3 is 2.25 bits per heavy atom. The van der Waals surface area contributed by atoms with Gasteiger partial charge in [-0.05, 0) is 31.9 Å². The molecule has 0 spiro atoms. The first-order valence-electron chi connectivity index (χ1n) is 4.05. The summed E-state index contributed by atoms with van der Waals surface area (Å²) in [4.78, 5) is 0. The lowest BCUT2D eigenvalue weighted by Crippen LogP contribution is -1.96. The Hall–Kier alpha value is -1.18. The smallest absolute Gasteiger partial charge is 0.123 e. The number of benzene rings is 1. The van der Waals surface area contributed by atoms with E-state index in [1.165, 1.54) is 5.56 Å². The van der Waals surface area contributed by atoms with Crippen molar-refractivity contribution in [3.05, 3.63) is 22.8 Å². The molecule has 0 aromatic heterocycles. The van der Waals surface area contributed by atoms with E-state index in [4.69, 9.17) is 0 Å². The molecule has 0 bridgehead atoms. The largest absolute Gasteiger partial charge is 0.507 e. The number of hydrogen-bond donors (Lipinski definition) is 2. The third kappa shape index (κ3) is 1.24. The van der Waals surface area contributed by atoms with Crippen molar-refractivity contribution in [2.24, 2.45) is 0 Å². The van der Waals surface area contributed by atoms with Crippen LogP contribution in [0.15, 0.2) is 6.07 Å². The summed E-state index contributed by atoms with van der Waals surface area (Å²) in [7, 11) is 1.87. The number of aromatic hydroxyl groups is 1. The highest BCUT2D eigenvalue weighted by Crippen LogP contribution is 2.30. The quantitative estimate of drug-likeness (QED) is 0.669. The molecule has 0 saturated carbocycles. The first kappa shape index (κ1) is 8.91. The Bertz CT molecular complexity index is 305. The van der Waals surface area contributed by atoms with Crippen molar-refractivity contribution in [1.29, 1.82) is 0 Å². The number of aryl methyl sites for hydroxylation is 2. The van der Waals surface area contributed by atoms with E-state index < -0.39 is 0 Å². The summed E-state index contributed by atoms with van der Waals surface area (Å²) in [6.07, 6.45) is 0. The molecule has 0 saturated heterocycles. The van der Waals surface area contributed by atoms with Crippen LogP contribution in [0.2, 0.25) is 0 Å². The Kier molecular flexibility index (Phi) is 2.27. The van der Waals surface area contributed by atoms with Crippen molar-refractivity contribution in [3.8, 4) is 5.75 Å². The fraction of sp³-hybridized carbons (Fsp3) is 0.400. The van der Waals surface area contributed by atoms with E-state index in [0.717, 1.165) is 16.8 Å². The van der Waals surface area contributed by atoms with E-state index in [2.05, 4.69) is 5.32 Å². The maximum Gasteiger partial charge on any atom is 0.123 e. The van der Waals surface area contributed by atoms with Crippen LogP contribution in [0.5, 0.6) is 5.75 Å². The number of anilines is 1. The van der Waals surface area contributed by atoms with Gasteiger partial charge in [-0.15, -0.1) is 0 Å². The molecule has 0 unspecified atom stereocenters. The number of hydrogen-bond acceptors (Lipinski definition) is 2. The minimum atomic E-state index is 0.393. The van der Waals surface area contributed by atoms with Crippen molar-refractivity contribution < 1.29 is 5.11 Å². The third-order valence-electron chi connectivity index (χ3n) is 2.18. The third-order valence-corrected chi connectivity index (χ3v) is 2.18. The topological polar surface area (TPSA) is 32.3 Å². The van der Waals surface area contributed by atoms with Crippen LogP contribution < -0.4 is 5.32 Å². The first-order chi connectivity index (χ1) is 5.57. The average molecular weight is 165 g/mol. The summed E-state index contributed by atoms with van der Waals surface area (Å²) in [5.41, 5.74) is 4.06. The number of nitrogens with one attached hydrogen (secondary N) is 1. The molecule has 0 fully saturated rings. The molecule has 0 atom stereocenters.